The van der Waals surface area contributed by atoms with Gasteiger partial charge in [0.05, 0.1) is 11.1 Å². The first-order chi connectivity index (χ1) is 13.0. The average Bonchev–Trinajstić information content (AvgIpc) is 2.67. The van der Waals surface area contributed by atoms with Crippen LogP contribution in [0.3, 0.4) is 0 Å². The van der Waals surface area contributed by atoms with Crippen molar-refractivity contribution < 1.29 is 29.4 Å². The van der Waals surface area contributed by atoms with Crippen LogP contribution in [0.25, 0.3) is 0 Å². The summed E-state index contributed by atoms with van der Waals surface area (Å²) in [6.45, 7) is 4.51. The fourth-order valence-corrected chi connectivity index (χ4v) is 3.08. The van der Waals surface area contributed by atoms with Gasteiger partial charge in [-0.3, -0.25) is 9.59 Å². The van der Waals surface area contributed by atoms with Crippen molar-refractivity contribution in [1.82, 2.24) is 0 Å². The Hall–Kier alpha value is -2.90. The summed E-state index contributed by atoms with van der Waals surface area (Å²) in [5.41, 5.74) is 0.0962. The quantitative estimate of drug-likeness (QED) is 0.285. The number of hydrogen-bond acceptors (Lipinski definition) is 7. The van der Waals surface area contributed by atoms with E-state index < -0.39 is 17.3 Å². The fraction of sp³-hybridized carbons (Fsp3) is 0.300. The maximum absolute atomic E-state index is 12.9. The summed E-state index contributed by atoms with van der Waals surface area (Å²) in [5.74, 6) is -1.81. The standard InChI is InChI=1S/C20H21NO6/c1-3-9-21(27-11-26-4-2)14-10-15(22)16-17(20(14)25)19(24)13-8-6-5-7-12(13)18(16)23/h5-8,10,22,25H,3-4,9,11H2,1-2H3. The van der Waals surface area contributed by atoms with Crippen LogP contribution in [0.2, 0.25) is 0 Å². The van der Waals surface area contributed by atoms with Crippen molar-refractivity contribution in [2.75, 3.05) is 25.0 Å². The molecule has 0 fully saturated rings. The van der Waals surface area contributed by atoms with Gasteiger partial charge in [0.2, 0.25) is 0 Å². The number of phenolic OH excluding ortho intramolecular Hbond substituents is 2. The molecule has 0 aliphatic heterocycles. The molecule has 1 aliphatic carbocycles. The maximum atomic E-state index is 12.9. The number of anilines is 1. The largest absolute Gasteiger partial charge is 0.507 e. The first-order valence-corrected chi connectivity index (χ1v) is 8.76. The molecule has 0 saturated carbocycles. The summed E-state index contributed by atoms with van der Waals surface area (Å²) < 4.78 is 5.17. The van der Waals surface area contributed by atoms with Crippen LogP contribution >= 0.6 is 0 Å². The van der Waals surface area contributed by atoms with E-state index in [2.05, 4.69) is 0 Å². The number of fused-ring (bicyclic) bond motifs is 2. The van der Waals surface area contributed by atoms with Gasteiger partial charge in [0.15, 0.2) is 24.1 Å². The molecule has 7 nitrogen and oxygen atoms in total. The van der Waals surface area contributed by atoms with Crippen molar-refractivity contribution >= 4 is 17.3 Å². The minimum absolute atomic E-state index is 0.0521. The molecular weight excluding hydrogens is 350 g/mol. The Morgan fingerprint density at radius 3 is 2.22 bits per heavy atom. The molecule has 0 heterocycles. The second-order valence-corrected chi connectivity index (χ2v) is 6.06. The highest BCUT2D eigenvalue weighted by molar-refractivity contribution is 6.30. The third-order valence-corrected chi connectivity index (χ3v) is 4.32. The summed E-state index contributed by atoms with van der Waals surface area (Å²) in [7, 11) is 0. The van der Waals surface area contributed by atoms with E-state index in [1.54, 1.807) is 12.1 Å². The van der Waals surface area contributed by atoms with Crippen molar-refractivity contribution in [3.8, 4) is 11.5 Å². The van der Waals surface area contributed by atoms with Crippen LogP contribution in [-0.4, -0.2) is 41.7 Å². The van der Waals surface area contributed by atoms with E-state index in [1.165, 1.54) is 23.3 Å². The Labute approximate surface area is 156 Å². The van der Waals surface area contributed by atoms with Crippen molar-refractivity contribution in [3.05, 3.63) is 52.6 Å². The van der Waals surface area contributed by atoms with Crippen LogP contribution < -0.4 is 5.06 Å². The zero-order valence-electron chi connectivity index (χ0n) is 15.2. The number of hydroxylamine groups is 1. The summed E-state index contributed by atoms with van der Waals surface area (Å²) in [6, 6.07) is 7.57. The highest BCUT2D eigenvalue weighted by Crippen LogP contribution is 2.43. The third-order valence-electron chi connectivity index (χ3n) is 4.32. The molecule has 0 radical (unpaired) electrons. The van der Waals surface area contributed by atoms with Crippen LogP contribution in [0.1, 0.15) is 52.1 Å². The normalized spacial score (nSPS) is 12.7. The molecule has 0 unspecified atom stereocenters. The molecule has 0 bridgehead atoms. The molecule has 2 aromatic rings. The predicted molar refractivity (Wildman–Crippen MR) is 98.3 cm³/mol. The van der Waals surface area contributed by atoms with Crippen LogP contribution in [0, 0.1) is 0 Å². The number of ketones is 2. The van der Waals surface area contributed by atoms with E-state index in [0.717, 1.165) is 0 Å². The minimum atomic E-state index is -0.517. The Kier molecular flexibility index (Phi) is 5.43. The van der Waals surface area contributed by atoms with Gasteiger partial charge in [-0.2, -0.15) is 0 Å². The number of carbonyl (C=O) groups excluding carboxylic acids is 2. The SMILES string of the molecule is CCCN(OCOCC)c1cc(O)c2c(c1O)C(=O)c1ccccc1C2=O. The lowest BCUT2D eigenvalue weighted by atomic mass is 9.82. The molecule has 0 atom stereocenters. The third kappa shape index (κ3) is 3.27. The number of rotatable bonds is 7. The monoisotopic (exact) mass is 371 g/mol. The average molecular weight is 371 g/mol. The van der Waals surface area contributed by atoms with Gasteiger partial charge in [0, 0.05) is 30.3 Å². The van der Waals surface area contributed by atoms with Crippen LogP contribution in [0.4, 0.5) is 5.69 Å². The van der Waals surface area contributed by atoms with E-state index in [0.29, 0.717) is 19.6 Å². The lowest BCUT2D eigenvalue weighted by Gasteiger charge is -2.27. The van der Waals surface area contributed by atoms with E-state index in [1.807, 2.05) is 13.8 Å². The zero-order chi connectivity index (χ0) is 19.6. The molecule has 142 valence electrons. The zero-order valence-corrected chi connectivity index (χ0v) is 15.2. The molecule has 0 spiro atoms. The van der Waals surface area contributed by atoms with Gasteiger partial charge >= 0.3 is 0 Å². The van der Waals surface area contributed by atoms with Crippen molar-refractivity contribution in [1.29, 1.82) is 0 Å². The Morgan fingerprint density at radius 1 is 1.00 bits per heavy atom. The van der Waals surface area contributed by atoms with Crippen molar-refractivity contribution in [2.24, 2.45) is 0 Å². The second-order valence-electron chi connectivity index (χ2n) is 6.06. The number of aromatic hydroxyl groups is 2. The number of nitrogens with zero attached hydrogens (tertiary/aromatic N) is 1. The maximum Gasteiger partial charge on any atom is 0.198 e. The van der Waals surface area contributed by atoms with E-state index >= 15 is 0 Å². The molecule has 3 rings (SSSR count). The molecule has 0 saturated heterocycles. The number of phenols is 2. The smallest absolute Gasteiger partial charge is 0.198 e. The Bertz CT molecular complexity index is 892. The molecule has 0 aromatic heterocycles. The van der Waals surface area contributed by atoms with Crippen molar-refractivity contribution in [2.45, 2.75) is 20.3 Å². The summed E-state index contributed by atoms with van der Waals surface area (Å²) in [6.07, 6.45) is 0.680. The van der Waals surface area contributed by atoms with Crippen LogP contribution in [0.5, 0.6) is 11.5 Å². The first kappa shape index (κ1) is 18.9. The number of carbonyl (C=O) groups is 2. The Morgan fingerprint density at radius 2 is 1.63 bits per heavy atom. The number of benzene rings is 2. The lowest BCUT2D eigenvalue weighted by Crippen LogP contribution is -2.28. The number of ether oxygens (including phenoxy) is 1. The van der Waals surface area contributed by atoms with Crippen LogP contribution in [-0.2, 0) is 9.57 Å². The second kappa shape index (κ2) is 7.77. The minimum Gasteiger partial charge on any atom is -0.507 e. The summed E-state index contributed by atoms with van der Waals surface area (Å²) >= 11 is 0. The number of hydrogen-bond donors (Lipinski definition) is 2. The van der Waals surface area contributed by atoms with Crippen LogP contribution in [0.15, 0.2) is 30.3 Å². The van der Waals surface area contributed by atoms with Gasteiger partial charge in [-0.15, -0.1) is 0 Å². The van der Waals surface area contributed by atoms with Gasteiger partial charge in [0.25, 0.3) is 0 Å². The summed E-state index contributed by atoms with van der Waals surface area (Å²) in [4.78, 5) is 31.2. The molecular formula is C20H21NO6. The fourth-order valence-electron chi connectivity index (χ4n) is 3.08. The van der Waals surface area contributed by atoms with E-state index in [-0.39, 0.29) is 40.5 Å². The molecule has 1 aliphatic rings. The Balaban J connectivity index is 2.12. The van der Waals surface area contributed by atoms with E-state index in [9.17, 15) is 19.8 Å². The lowest BCUT2D eigenvalue weighted by molar-refractivity contribution is -0.0607. The summed E-state index contributed by atoms with van der Waals surface area (Å²) in [5, 5.41) is 22.6. The predicted octanol–water partition coefficient (Wildman–Crippen LogP) is 3.02. The van der Waals surface area contributed by atoms with Gasteiger partial charge in [-0.25, -0.2) is 9.90 Å². The molecule has 2 aromatic carbocycles. The van der Waals surface area contributed by atoms with Gasteiger partial charge in [-0.1, -0.05) is 31.2 Å². The molecule has 27 heavy (non-hydrogen) atoms. The molecule has 2 N–H and O–H groups in total. The topological polar surface area (TPSA) is 96.3 Å². The molecule has 7 heteroatoms. The van der Waals surface area contributed by atoms with Gasteiger partial charge in [-0.05, 0) is 13.3 Å². The van der Waals surface area contributed by atoms with E-state index in [4.69, 9.17) is 9.57 Å². The first-order valence-electron chi connectivity index (χ1n) is 8.76. The van der Waals surface area contributed by atoms with Gasteiger partial charge in [0.1, 0.15) is 11.4 Å². The van der Waals surface area contributed by atoms with Crippen molar-refractivity contribution in [3.63, 3.8) is 0 Å². The highest BCUT2D eigenvalue weighted by Gasteiger charge is 2.36. The highest BCUT2D eigenvalue weighted by atomic mass is 16.8. The molecule has 0 amide bonds. The van der Waals surface area contributed by atoms with Gasteiger partial charge < -0.3 is 14.9 Å².